The molecule has 0 aliphatic carbocycles. The maximum absolute atomic E-state index is 14.3. The topological polar surface area (TPSA) is 53.9 Å². The third-order valence-corrected chi connectivity index (χ3v) is 4.15. The minimum Gasteiger partial charge on any atom is -0.378 e. The molecule has 5 nitrogen and oxygen atoms in total. The third kappa shape index (κ3) is 4.35. The van der Waals surface area contributed by atoms with Gasteiger partial charge in [-0.25, -0.2) is 9.82 Å². The van der Waals surface area contributed by atoms with E-state index in [1.54, 1.807) is 36.4 Å². The fourth-order valence-electron chi connectivity index (χ4n) is 2.54. The molecule has 0 bridgehead atoms. The van der Waals surface area contributed by atoms with E-state index in [1.165, 1.54) is 12.3 Å². The number of morpholine rings is 1. The van der Waals surface area contributed by atoms with Crippen molar-refractivity contribution in [3.8, 4) is 0 Å². The standard InChI is InChI=1S/C18H17ClFN3O2/c19-15-4-2-1-3-14(15)18(24)22-21-12-13-5-6-17(16(20)11-13)23-7-9-25-10-8-23/h1-6,11-12H,7-10H2,(H,22,24)/b21-12-. The molecule has 2 aromatic carbocycles. The second kappa shape index (κ2) is 8.09. The first kappa shape index (κ1) is 17.4. The van der Waals surface area contributed by atoms with E-state index in [0.29, 0.717) is 48.1 Å². The van der Waals surface area contributed by atoms with Gasteiger partial charge in [-0.2, -0.15) is 5.10 Å². The van der Waals surface area contributed by atoms with Gasteiger partial charge >= 0.3 is 0 Å². The molecule has 1 saturated heterocycles. The van der Waals surface area contributed by atoms with Crippen molar-refractivity contribution < 1.29 is 13.9 Å². The van der Waals surface area contributed by atoms with Gasteiger partial charge in [-0.3, -0.25) is 4.79 Å². The molecule has 1 N–H and O–H groups in total. The quantitative estimate of drug-likeness (QED) is 0.672. The predicted octanol–water partition coefficient (Wildman–Crippen LogP) is 3.08. The molecule has 1 fully saturated rings. The average Bonchev–Trinajstić information content (AvgIpc) is 2.63. The fraction of sp³-hybridized carbons (Fsp3) is 0.222. The molecule has 0 atom stereocenters. The lowest BCUT2D eigenvalue weighted by Gasteiger charge is -2.29. The second-order valence-corrected chi connectivity index (χ2v) is 5.90. The van der Waals surface area contributed by atoms with Crippen LogP contribution in [0.1, 0.15) is 15.9 Å². The van der Waals surface area contributed by atoms with Crippen LogP contribution in [0.15, 0.2) is 47.6 Å². The number of amides is 1. The molecule has 1 heterocycles. The highest BCUT2D eigenvalue weighted by molar-refractivity contribution is 6.33. The molecule has 0 saturated carbocycles. The summed E-state index contributed by atoms with van der Waals surface area (Å²) in [4.78, 5) is 13.9. The van der Waals surface area contributed by atoms with Crippen LogP contribution in [-0.2, 0) is 4.74 Å². The molecule has 0 aromatic heterocycles. The highest BCUT2D eigenvalue weighted by Gasteiger charge is 2.15. The first-order valence-electron chi connectivity index (χ1n) is 7.85. The van der Waals surface area contributed by atoms with Crippen LogP contribution >= 0.6 is 11.6 Å². The van der Waals surface area contributed by atoms with Crippen LogP contribution in [0.5, 0.6) is 0 Å². The van der Waals surface area contributed by atoms with E-state index >= 15 is 0 Å². The molecule has 1 aliphatic heterocycles. The van der Waals surface area contributed by atoms with E-state index in [9.17, 15) is 9.18 Å². The highest BCUT2D eigenvalue weighted by Crippen LogP contribution is 2.21. The number of halogens is 2. The van der Waals surface area contributed by atoms with Gasteiger partial charge in [0.1, 0.15) is 5.82 Å². The normalized spacial score (nSPS) is 14.7. The van der Waals surface area contributed by atoms with Gasteiger partial charge in [0.25, 0.3) is 5.91 Å². The molecule has 1 amide bonds. The Morgan fingerprint density at radius 1 is 1.24 bits per heavy atom. The number of carbonyl (C=O) groups excluding carboxylic acids is 1. The second-order valence-electron chi connectivity index (χ2n) is 5.49. The zero-order valence-electron chi connectivity index (χ0n) is 13.4. The van der Waals surface area contributed by atoms with Crippen LogP contribution in [0.2, 0.25) is 5.02 Å². The lowest BCUT2D eigenvalue weighted by Crippen LogP contribution is -2.36. The summed E-state index contributed by atoms with van der Waals surface area (Å²) in [6, 6.07) is 11.5. The lowest BCUT2D eigenvalue weighted by molar-refractivity contribution is 0.0955. The van der Waals surface area contributed by atoms with Gasteiger partial charge in [0.05, 0.1) is 35.7 Å². The molecule has 25 heavy (non-hydrogen) atoms. The molecule has 130 valence electrons. The average molecular weight is 362 g/mol. The Bertz CT molecular complexity index is 792. The van der Waals surface area contributed by atoms with Crippen molar-refractivity contribution in [3.05, 3.63) is 64.4 Å². The Labute approximate surface area is 150 Å². The summed E-state index contributed by atoms with van der Waals surface area (Å²) in [7, 11) is 0. The minimum atomic E-state index is -0.424. The molecule has 7 heteroatoms. The zero-order chi connectivity index (χ0) is 17.6. The van der Waals surface area contributed by atoms with Crippen molar-refractivity contribution in [1.29, 1.82) is 0 Å². The number of benzene rings is 2. The van der Waals surface area contributed by atoms with Crippen LogP contribution in [0, 0.1) is 5.82 Å². The molecule has 0 unspecified atom stereocenters. The number of carbonyl (C=O) groups is 1. The minimum absolute atomic E-state index is 0.329. The van der Waals surface area contributed by atoms with Gasteiger partial charge in [0.15, 0.2) is 0 Å². The number of hydrogen-bond acceptors (Lipinski definition) is 4. The Balaban J connectivity index is 1.64. The summed E-state index contributed by atoms with van der Waals surface area (Å²) in [5.41, 5.74) is 3.80. The van der Waals surface area contributed by atoms with Crippen molar-refractivity contribution in [2.45, 2.75) is 0 Å². The molecule has 3 rings (SSSR count). The Hall–Kier alpha value is -2.44. The summed E-state index contributed by atoms with van der Waals surface area (Å²) in [6.07, 6.45) is 1.39. The van der Waals surface area contributed by atoms with E-state index in [4.69, 9.17) is 16.3 Å². The van der Waals surface area contributed by atoms with Crippen LogP contribution in [-0.4, -0.2) is 38.4 Å². The molecule has 1 aliphatic rings. The number of nitrogens with zero attached hydrogens (tertiary/aromatic N) is 2. The largest absolute Gasteiger partial charge is 0.378 e. The molecule has 2 aromatic rings. The van der Waals surface area contributed by atoms with Crippen molar-refractivity contribution in [3.63, 3.8) is 0 Å². The van der Waals surface area contributed by atoms with Gasteiger partial charge in [-0.1, -0.05) is 29.8 Å². The summed E-state index contributed by atoms with van der Waals surface area (Å²) >= 11 is 5.95. The number of rotatable bonds is 4. The molecular formula is C18H17ClFN3O2. The number of anilines is 1. The van der Waals surface area contributed by atoms with Crippen LogP contribution in [0.25, 0.3) is 0 Å². The molecule has 0 radical (unpaired) electrons. The summed E-state index contributed by atoms with van der Waals surface area (Å²) < 4.78 is 19.6. The number of hydrogen-bond donors (Lipinski definition) is 1. The van der Waals surface area contributed by atoms with Gasteiger partial charge in [-0.05, 0) is 29.8 Å². The van der Waals surface area contributed by atoms with Gasteiger partial charge in [0, 0.05) is 13.1 Å². The highest BCUT2D eigenvalue weighted by atomic mass is 35.5. The van der Waals surface area contributed by atoms with E-state index in [2.05, 4.69) is 10.5 Å². The van der Waals surface area contributed by atoms with E-state index in [1.807, 2.05) is 4.90 Å². The lowest BCUT2D eigenvalue weighted by atomic mass is 10.2. The Morgan fingerprint density at radius 2 is 2.00 bits per heavy atom. The SMILES string of the molecule is O=C(N/N=C\c1ccc(N2CCOCC2)c(F)c1)c1ccccc1Cl. The van der Waals surface area contributed by atoms with E-state index in [0.717, 1.165) is 0 Å². The fourth-order valence-corrected chi connectivity index (χ4v) is 2.76. The smallest absolute Gasteiger partial charge is 0.272 e. The first-order valence-corrected chi connectivity index (χ1v) is 8.23. The molecule has 0 spiro atoms. The van der Waals surface area contributed by atoms with Gasteiger partial charge in [-0.15, -0.1) is 0 Å². The number of ether oxygens (including phenoxy) is 1. The zero-order valence-corrected chi connectivity index (χ0v) is 14.2. The Kier molecular flexibility index (Phi) is 5.63. The van der Waals surface area contributed by atoms with Gasteiger partial charge in [0.2, 0.25) is 0 Å². The van der Waals surface area contributed by atoms with Crippen molar-refractivity contribution in [2.24, 2.45) is 5.10 Å². The van der Waals surface area contributed by atoms with Crippen molar-refractivity contribution >= 4 is 29.4 Å². The van der Waals surface area contributed by atoms with Crippen molar-refractivity contribution in [1.82, 2.24) is 5.43 Å². The number of nitrogens with one attached hydrogen (secondary N) is 1. The first-order chi connectivity index (χ1) is 12.1. The molecular weight excluding hydrogens is 345 g/mol. The van der Waals surface area contributed by atoms with Crippen molar-refractivity contribution in [2.75, 3.05) is 31.2 Å². The van der Waals surface area contributed by atoms with Crippen LogP contribution < -0.4 is 10.3 Å². The predicted molar refractivity (Wildman–Crippen MR) is 95.9 cm³/mol. The summed E-state index contributed by atoms with van der Waals surface area (Å²) in [5, 5.41) is 4.20. The summed E-state index contributed by atoms with van der Waals surface area (Å²) in [5.74, 6) is -0.754. The van der Waals surface area contributed by atoms with Crippen LogP contribution in [0.4, 0.5) is 10.1 Å². The van der Waals surface area contributed by atoms with E-state index in [-0.39, 0.29) is 5.82 Å². The number of hydrazone groups is 1. The summed E-state index contributed by atoms with van der Waals surface area (Å²) in [6.45, 7) is 2.52. The Morgan fingerprint density at radius 3 is 2.72 bits per heavy atom. The maximum Gasteiger partial charge on any atom is 0.272 e. The van der Waals surface area contributed by atoms with E-state index < -0.39 is 5.91 Å². The van der Waals surface area contributed by atoms with Crippen LogP contribution in [0.3, 0.4) is 0 Å². The maximum atomic E-state index is 14.3. The van der Waals surface area contributed by atoms with Gasteiger partial charge < -0.3 is 9.64 Å². The third-order valence-electron chi connectivity index (χ3n) is 3.82. The monoisotopic (exact) mass is 361 g/mol.